The summed E-state index contributed by atoms with van der Waals surface area (Å²) in [6.07, 6.45) is 46.6. The van der Waals surface area contributed by atoms with Gasteiger partial charge >= 0.3 is 11.9 Å². The van der Waals surface area contributed by atoms with E-state index in [1.165, 1.54) is 199 Å². The van der Waals surface area contributed by atoms with E-state index in [4.69, 9.17) is 18.5 Å². The van der Waals surface area contributed by atoms with Crippen LogP contribution < -0.4 is 4.89 Å². The number of quaternary nitrogens is 1. The van der Waals surface area contributed by atoms with Crippen molar-refractivity contribution in [3.8, 4) is 0 Å². The van der Waals surface area contributed by atoms with Gasteiger partial charge in [0.05, 0.1) is 27.7 Å². The molecule has 59 heavy (non-hydrogen) atoms. The van der Waals surface area contributed by atoms with Crippen LogP contribution in [-0.4, -0.2) is 70.0 Å². The van der Waals surface area contributed by atoms with E-state index in [9.17, 15) is 19.0 Å². The van der Waals surface area contributed by atoms with E-state index in [1.54, 1.807) is 0 Å². The summed E-state index contributed by atoms with van der Waals surface area (Å²) < 4.78 is 33.2. The van der Waals surface area contributed by atoms with Gasteiger partial charge in [0, 0.05) is 12.8 Å². The summed E-state index contributed by atoms with van der Waals surface area (Å²) in [7, 11) is 1.17. The number of carbonyl (C=O) groups is 2. The normalized spacial score (nSPS) is 13.4. The van der Waals surface area contributed by atoms with Crippen LogP contribution in [0.5, 0.6) is 0 Å². The smallest absolute Gasteiger partial charge is 0.306 e. The first-order valence-corrected chi connectivity index (χ1v) is 26.7. The fourth-order valence-electron chi connectivity index (χ4n) is 7.46. The molecule has 0 N–H and O–H groups in total. The molecule has 0 saturated heterocycles. The SMILES string of the molecule is CCCCCCCCCCCCCCCCCCCCCCCCCCCCCCCCCCCCC(=O)OC[C@H](COP(=O)([O-])OCC[N+](C)(C)C)OC(=O)CCC. The highest BCUT2D eigenvalue weighted by molar-refractivity contribution is 7.45. The zero-order valence-electron chi connectivity index (χ0n) is 39.7. The minimum absolute atomic E-state index is 0.0285. The maximum absolute atomic E-state index is 12.3. The molecular weight excluding hydrogens is 762 g/mol. The standard InChI is InChI=1S/C49H98NO8P/c1-6-8-9-10-11-12-13-14-15-16-17-18-19-20-21-22-23-24-25-26-27-28-29-30-31-32-33-34-35-36-37-38-39-40-42-48(51)55-45-47(58-49(52)41-7-2)46-57-59(53,54)56-44-43-50(3,4)5/h47H,6-46H2,1-5H3/t47-/m1/s1. The number of nitrogens with zero attached hydrogens (tertiary/aromatic N) is 1. The lowest BCUT2D eigenvalue weighted by atomic mass is 10.0. The molecule has 352 valence electrons. The third-order valence-electron chi connectivity index (χ3n) is 11.3. The summed E-state index contributed by atoms with van der Waals surface area (Å²) in [6, 6.07) is 0. The van der Waals surface area contributed by atoms with E-state index < -0.39 is 26.5 Å². The Balaban J connectivity index is 3.55. The molecule has 0 bridgehead atoms. The fraction of sp³-hybridized carbons (Fsp3) is 0.959. The second kappa shape index (κ2) is 42.3. The zero-order valence-corrected chi connectivity index (χ0v) is 40.6. The Morgan fingerprint density at radius 1 is 0.458 bits per heavy atom. The van der Waals surface area contributed by atoms with E-state index in [1.807, 2.05) is 28.1 Å². The number of carbonyl (C=O) groups excluding carboxylic acids is 2. The van der Waals surface area contributed by atoms with Crippen LogP contribution >= 0.6 is 7.82 Å². The second-order valence-electron chi connectivity index (χ2n) is 18.6. The molecule has 0 fully saturated rings. The molecule has 0 aromatic rings. The highest BCUT2D eigenvalue weighted by Crippen LogP contribution is 2.38. The molecule has 0 heterocycles. The number of phosphoric acid groups is 1. The van der Waals surface area contributed by atoms with Gasteiger partial charge in [0.25, 0.3) is 7.82 Å². The summed E-state index contributed by atoms with van der Waals surface area (Å²) in [5.74, 6) is -0.882. The van der Waals surface area contributed by atoms with Crippen molar-refractivity contribution in [1.29, 1.82) is 0 Å². The van der Waals surface area contributed by atoms with Gasteiger partial charge in [0.2, 0.25) is 0 Å². The van der Waals surface area contributed by atoms with Crippen LogP contribution in [0, 0.1) is 0 Å². The Hall–Kier alpha value is -0.990. The van der Waals surface area contributed by atoms with E-state index in [0.29, 0.717) is 17.4 Å². The molecule has 10 heteroatoms. The van der Waals surface area contributed by atoms with Gasteiger partial charge in [-0.25, -0.2) is 0 Å². The molecule has 9 nitrogen and oxygen atoms in total. The van der Waals surface area contributed by atoms with Crippen molar-refractivity contribution < 1.29 is 42.1 Å². The molecule has 0 aromatic carbocycles. The molecule has 0 aliphatic rings. The Morgan fingerprint density at radius 2 is 0.797 bits per heavy atom. The third-order valence-corrected chi connectivity index (χ3v) is 12.3. The summed E-state index contributed by atoms with van der Waals surface area (Å²) >= 11 is 0. The summed E-state index contributed by atoms with van der Waals surface area (Å²) in [5.41, 5.74) is 0. The monoisotopic (exact) mass is 860 g/mol. The maximum Gasteiger partial charge on any atom is 0.306 e. The number of esters is 2. The average molecular weight is 860 g/mol. The number of ether oxygens (including phenoxy) is 2. The van der Waals surface area contributed by atoms with Gasteiger partial charge in [0.15, 0.2) is 6.10 Å². The van der Waals surface area contributed by atoms with Crippen LogP contribution in [-0.2, 0) is 32.7 Å². The van der Waals surface area contributed by atoms with Crippen molar-refractivity contribution in [3.05, 3.63) is 0 Å². The van der Waals surface area contributed by atoms with E-state index >= 15 is 0 Å². The first kappa shape index (κ1) is 58.0. The molecule has 1 unspecified atom stereocenters. The predicted octanol–water partition coefficient (Wildman–Crippen LogP) is 14.1. The molecule has 0 amide bonds. The maximum atomic E-state index is 12.3. The first-order chi connectivity index (χ1) is 28.5. The molecule has 0 radical (unpaired) electrons. The van der Waals surface area contributed by atoms with Crippen LogP contribution in [0.3, 0.4) is 0 Å². The molecule has 0 aromatic heterocycles. The number of unbranched alkanes of at least 4 members (excludes halogenated alkanes) is 33. The van der Waals surface area contributed by atoms with E-state index in [0.717, 1.165) is 19.3 Å². The summed E-state index contributed by atoms with van der Waals surface area (Å²) in [6.45, 7) is 3.86. The number of likely N-dealkylation sites (N-methyl/N-ethyl adjacent to an activating group) is 1. The molecule has 0 aliphatic heterocycles. The largest absolute Gasteiger partial charge is 0.756 e. The average Bonchev–Trinajstić information content (AvgIpc) is 3.18. The number of hydrogen-bond acceptors (Lipinski definition) is 8. The minimum atomic E-state index is -4.59. The Kier molecular flexibility index (Phi) is 41.6. The summed E-state index contributed by atoms with van der Waals surface area (Å²) in [4.78, 5) is 36.5. The molecule has 2 atom stereocenters. The quantitative estimate of drug-likeness (QED) is 0.0257. The van der Waals surface area contributed by atoms with Crippen LogP contribution in [0.1, 0.15) is 251 Å². The third kappa shape index (κ3) is 46.3. The highest BCUT2D eigenvalue weighted by atomic mass is 31.2. The van der Waals surface area contributed by atoms with E-state index in [-0.39, 0.29) is 32.0 Å². The van der Waals surface area contributed by atoms with Gasteiger partial charge in [-0.3, -0.25) is 14.2 Å². The Labute approximate surface area is 365 Å². The van der Waals surface area contributed by atoms with Crippen LogP contribution in [0.4, 0.5) is 0 Å². The van der Waals surface area contributed by atoms with Crippen molar-refractivity contribution in [1.82, 2.24) is 0 Å². The van der Waals surface area contributed by atoms with E-state index in [2.05, 4.69) is 6.92 Å². The Morgan fingerprint density at radius 3 is 1.12 bits per heavy atom. The van der Waals surface area contributed by atoms with Crippen LogP contribution in [0.25, 0.3) is 0 Å². The van der Waals surface area contributed by atoms with Gasteiger partial charge in [-0.1, -0.05) is 226 Å². The van der Waals surface area contributed by atoms with Gasteiger partial charge in [-0.15, -0.1) is 0 Å². The molecular formula is C49H98NO8P. The molecule has 0 aliphatic carbocycles. The highest BCUT2D eigenvalue weighted by Gasteiger charge is 2.21. The lowest BCUT2D eigenvalue weighted by molar-refractivity contribution is -0.870. The van der Waals surface area contributed by atoms with Crippen molar-refractivity contribution in [2.24, 2.45) is 0 Å². The predicted molar refractivity (Wildman–Crippen MR) is 245 cm³/mol. The number of rotatable bonds is 47. The minimum Gasteiger partial charge on any atom is -0.756 e. The van der Waals surface area contributed by atoms with Crippen LogP contribution in [0.2, 0.25) is 0 Å². The van der Waals surface area contributed by atoms with Gasteiger partial charge in [0.1, 0.15) is 19.8 Å². The molecule has 0 spiro atoms. The first-order valence-electron chi connectivity index (χ1n) is 25.2. The Bertz CT molecular complexity index is 974. The fourth-order valence-corrected chi connectivity index (χ4v) is 8.19. The van der Waals surface area contributed by atoms with Crippen molar-refractivity contribution in [3.63, 3.8) is 0 Å². The zero-order chi connectivity index (χ0) is 43.6. The van der Waals surface area contributed by atoms with Crippen LogP contribution in [0.15, 0.2) is 0 Å². The van der Waals surface area contributed by atoms with Gasteiger partial charge in [-0.2, -0.15) is 0 Å². The van der Waals surface area contributed by atoms with Gasteiger partial charge < -0.3 is 27.9 Å². The molecule has 0 rings (SSSR count). The van der Waals surface area contributed by atoms with Crippen molar-refractivity contribution in [2.45, 2.75) is 258 Å². The molecule has 0 saturated carbocycles. The number of hydrogen-bond donors (Lipinski definition) is 0. The van der Waals surface area contributed by atoms with Crippen molar-refractivity contribution in [2.75, 3.05) is 47.5 Å². The summed E-state index contributed by atoms with van der Waals surface area (Å²) in [5, 5.41) is 0. The van der Waals surface area contributed by atoms with Crippen molar-refractivity contribution >= 4 is 19.8 Å². The lowest BCUT2D eigenvalue weighted by Crippen LogP contribution is -2.37. The number of phosphoric ester groups is 1. The topological polar surface area (TPSA) is 111 Å². The van der Waals surface area contributed by atoms with Gasteiger partial charge in [-0.05, 0) is 12.8 Å². The second-order valence-corrected chi connectivity index (χ2v) is 20.0. The lowest BCUT2D eigenvalue weighted by Gasteiger charge is -2.28.